The molecule has 0 saturated heterocycles. The Morgan fingerprint density at radius 3 is 2.30 bits per heavy atom. The standard InChI is InChI=1S/C15H14F4N4O3S/c1-3-26-12(25)14(15(17,18)19,21-13-23-22-8(2)27-13)20-11(24)9-4-6-10(16)7-5-9/h4-7H,3H2,1-2H3,(H,20,24)(H,21,23)/t14-/m1/s1. The fraction of sp³-hybridized carbons (Fsp3) is 0.333. The maximum absolute atomic E-state index is 13.9. The van der Waals surface area contributed by atoms with Gasteiger partial charge in [-0.3, -0.25) is 4.79 Å². The predicted octanol–water partition coefficient (Wildman–Crippen LogP) is 2.65. The van der Waals surface area contributed by atoms with Crippen LogP contribution in [0.25, 0.3) is 0 Å². The van der Waals surface area contributed by atoms with E-state index in [1.807, 2.05) is 5.32 Å². The molecule has 1 heterocycles. The summed E-state index contributed by atoms with van der Waals surface area (Å²) in [6.07, 6.45) is -5.30. The second-order valence-electron chi connectivity index (χ2n) is 5.18. The fourth-order valence-electron chi connectivity index (χ4n) is 1.98. The molecule has 1 atom stereocenters. The van der Waals surface area contributed by atoms with Gasteiger partial charge in [-0.25, -0.2) is 9.18 Å². The van der Waals surface area contributed by atoms with Gasteiger partial charge in [-0.2, -0.15) is 13.2 Å². The first kappa shape index (κ1) is 20.6. The number of aromatic nitrogens is 2. The maximum atomic E-state index is 13.9. The number of nitrogens with one attached hydrogen (secondary N) is 2. The highest BCUT2D eigenvalue weighted by molar-refractivity contribution is 7.15. The molecular formula is C15H14F4N4O3S. The zero-order valence-corrected chi connectivity index (χ0v) is 14.9. The number of carbonyl (C=O) groups is 2. The lowest BCUT2D eigenvalue weighted by molar-refractivity contribution is -0.204. The molecule has 146 valence electrons. The molecule has 1 aromatic carbocycles. The van der Waals surface area contributed by atoms with Crippen LogP contribution in [0.3, 0.4) is 0 Å². The third-order valence-corrected chi connectivity index (χ3v) is 3.99. The Morgan fingerprint density at radius 2 is 1.81 bits per heavy atom. The molecule has 27 heavy (non-hydrogen) atoms. The summed E-state index contributed by atoms with van der Waals surface area (Å²) in [5.74, 6) is -3.73. The number of ether oxygens (including phenoxy) is 1. The number of benzene rings is 1. The fourth-order valence-corrected chi connectivity index (χ4v) is 2.63. The number of anilines is 1. The third kappa shape index (κ3) is 4.51. The number of halogens is 4. The summed E-state index contributed by atoms with van der Waals surface area (Å²) in [7, 11) is 0. The molecule has 0 saturated carbocycles. The van der Waals surface area contributed by atoms with Crippen LogP contribution >= 0.6 is 11.3 Å². The summed E-state index contributed by atoms with van der Waals surface area (Å²) in [6.45, 7) is 2.45. The first-order valence-corrected chi connectivity index (χ1v) is 8.31. The van der Waals surface area contributed by atoms with E-state index in [1.54, 1.807) is 5.32 Å². The van der Waals surface area contributed by atoms with Crippen molar-refractivity contribution in [3.05, 3.63) is 40.7 Å². The molecule has 12 heteroatoms. The second-order valence-corrected chi connectivity index (χ2v) is 6.36. The predicted molar refractivity (Wildman–Crippen MR) is 87.6 cm³/mol. The van der Waals surface area contributed by atoms with Crippen LogP contribution < -0.4 is 10.6 Å². The van der Waals surface area contributed by atoms with E-state index in [2.05, 4.69) is 14.9 Å². The SMILES string of the molecule is CCOC(=O)[C@@](NC(=O)c1ccc(F)cc1)(Nc1nnc(C)s1)C(F)(F)F. The Kier molecular flexibility index (Phi) is 5.98. The number of nitrogens with zero attached hydrogens (tertiary/aromatic N) is 2. The van der Waals surface area contributed by atoms with Gasteiger partial charge in [0, 0.05) is 5.56 Å². The molecule has 1 amide bonds. The Morgan fingerprint density at radius 1 is 1.19 bits per heavy atom. The van der Waals surface area contributed by atoms with Gasteiger partial charge in [-0.1, -0.05) is 11.3 Å². The van der Waals surface area contributed by atoms with E-state index in [0.29, 0.717) is 5.01 Å². The molecule has 2 rings (SSSR count). The van der Waals surface area contributed by atoms with Crippen LogP contribution in [0.1, 0.15) is 22.3 Å². The van der Waals surface area contributed by atoms with Gasteiger partial charge in [0.25, 0.3) is 5.91 Å². The number of carbonyl (C=O) groups excluding carboxylic acids is 2. The van der Waals surface area contributed by atoms with Crippen molar-refractivity contribution in [2.75, 3.05) is 11.9 Å². The molecular weight excluding hydrogens is 392 g/mol. The highest BCUT2D eigenvalue weighted by atomic mass is 32.1. The van der Waals surface area contributed by atoms with E-state index in [4.69, 9.17) is 0 Å². The molecule has 0 aliphatic heterocycles. The van der Waals surface area contributed by atoms with Crippen molar-refractivity contribution < 1.29 is 31.9 Å². The summed E-state index contributed by atoms with van der Waals surface area (Å²) in [4.78, 5) is 24.5. The van der Waals surface area contributed by atoms with Gasteiger partial charge in [0.15, 0.2) is 0 Å². The van der Waals surface area contributed by atoms with E-state index in [9.17, 15) is 27.2 Å². The molecule has 0 unspecified atom stereocenters. The van der Waals surface area contributed by atoms with E-state index in [0.717, 1.165) is 35.6 Å². The van der Waals surface area contributed by atoms with Crippen LogP contribution in [0.2, 0.25) is 0 Å². The monoisotopic (exact) mass is 406 g/mol. The summed E-state index contributed by atoms with van der Waals surface area (Å²) in [5.41, 5.74) is -3.90. The average molecular weight is 406 g/mol. The van der Waals surface area contributed by atoms with Gasteiger partial charge >= 0.3 is 17.8 Å². The van der Waals surface area contributed by atoms with Gasteiger partial charge in [0.05, 0.1) is 6.61 Å². The Labute approximate surface area is 154 Å². The molecule has 1 aromatic heterocycles. The van der Waals surface area contributed by atoms with Crippen molar-refractivity contribution in [1.29, 1.82) is 0 Å². The topological polar surface area (TPSA) is 93.2 Å². The van der Waals surface area contributed by atoms with Gasteiger partial charge in [0.2, 0.25) is 5.13 Å². The van der Waals surface area contributed by atoms with Crippen LogP contribution in [0.4, 0.5) is 22.7 Å². The normalized spacial score (nSPS) is 13.6. The zero-order chi connectivity index (χ0) is 20.2. The molecule has 2 N–H and O–H groups in total. The molecule has 0 radical (unpaired) electrons. The lowest BCUT2D eigenvalue weighted by atomic mass is 10.1. The molecule has 7 nitrogen and oxygen atoms in total. The molecule has 2 aromatic rings. The summed E-state index contributed by atoms with van der Waals surface area (Å²) in [5, 5.41) is 10.6. The number of aryl methyl sites for hydroxylation is 1. The Balaban J connectivity index is 2.46. The van der Waals surface area contributed by atoms with E-state index >= 15 is 0 Å². The van der Waals surface area contributed by atoms with Crippen molar-refractivity contribution in [2.45, 2.75) is 25.7 Å². The lowest BCUT2D eigenvalue weighted by Crippen LogP contribution is -2.69. The zero-order valence-electron chi connectivity index (χ0n) is 14.1. The van der Waals surface area contributed by atoms with Crippen LogP contribution in [0, 0.1) is 12.7 Å². The van der Waals surface area contributed by atoms with E-state index < -0.39 is 29.5 Å². The Hall–Kier alpha value is -2.76. The summed E-state index contributed by atoms with van der Waals surface area (Å²) < 4.78 is 59.2. The maximum Gasteiger partial charge on any atom is 0.442 e. The first-order valence-electron chi connectivity index (χ1n) is 7.49. The average Bonchev–Trinajstić information content (AvgIpc) is 2.98. The first-order chi connectivity index (χ1) is 12.6. The number of hydrogen-bond donors (Lipinski definition) is 2. The second kappa shape index (κ2) is 7.86. The quantitative estimate of drug-likeness (QED) is 0.435. The molecule has 0 aliphatic rings. The van der Waals surface area contributed by atoms with Crippen LogP contribution in [0.5, 0.6) is 0 Å². The minimum atomic E-state index is -5.30. The van der Waals surface area contributed by atoms with Gasteiger partial charge in [-0.05, 0) is 38.1 Å². The minimum absolute atomic E-state index is 0.287. The highest BCUT2D eigenvalue weighted by Crippen LogP contribution is 2.34. The molecule has 0 bridgehead atoms. The Bertz CT molecular complexity index is 825. The van der Waals surface area contributed by atoms with Crippen molar-refractivity contribution in [2.24, 2.45) is 0 Å². The van der Waals surface area contributed by atoms with Crippen LogP contribution in [0.15, 0.2) is 24.3 Å². The molecule has 0 fully saturated rings. The van der Waals surface area contributed by atoms with Crippen molar-refractivity contribution >= 4 is 28.3 Å². The number of amides is 1. The molecule has 0 aliphatic carbocycles. The summed E-state index contributed by atoms with van der Waals surface area (Å²) in [6, 6.07) is 3.75. The van der Waals surface area contributed by atoms with Crippen molar-refractivity contribution in [3.63, 3.8) is 0 Å². The number of hydrogen-bond acceptors (Lipinski definition) is 7. The number of esters is 1. The smallest absolute Gasteiger partial charge is 0.442 e. The number of rotatable bonds is 6. The van der Waals surface area contributed by atoms with Crippen LogP contribution in [-0.4, -0.2) is 40.5 Å². The largest absolute Gasteiger partial charge is 0.463 e. The highest BCUT2D eigenvalue weighted by Gasteiger charge is 2.64. The van der Waals surface area contributed by atoms with Gasteiger partial charge in [0.1, 0.15) is 10.8 Å². The van der Waals surface area contributed by atoms with E-state index in [1.165, 1.54) is 13.8 Å². The van der Waals surface area contributed by atoms with Gasteiger partial charge < -0.3 is 15.4 Å². The minimum Gasteiger partial charge on any atom is -0.463 e. The summed E-state index contributed by atoms with van der Waals surface area (Å²) >= 11 is 0.749. The van der Waals surface area contributed by atoms with Crippen molar-refractivity contribution in [3.8, 4) is 0 Å². The van der Waals surface area contributed by atoms with Gasteiger partial charge in [-0.15, -0.1) is 10.2 Å². The molecule has 0 spiro atoms. The third-order valence-electron chi connectivity index (χ3n) is 3.23. The van der Waals surface area contributed by atoms with Crippen molar-refractivity contribution in [1.82, 2.24) is 15.5 Å². The number of alkyl halides is 3. The van der Waals surface area contributed by atoms with E-state index in [-0.39, 0.29) is 17.3 Å². The lowest BCUT2D eigenvalue weighted by Gasteiger charge is -2.34. The van der Waals surface area contributed by atoms with Crippen LogP contribution in [-0.2, 0) is 9.53 Å².